The van der Waals surface area contributed by atoms with Gasteiger partial charge in [-0.25, -0.2) is 4.79 Å². The number of rotatable bonds is 3. The highest BCUT2D eigenvalue weighted by Crippen LogP contribution is 2.23. The van der Waals surface area contributed by atoms with Gasteiger partial charge in [-0.2, -0.15) is 0 Å². The highest BCUT2D eigenvalue weighted by atomic mass is 16.6. The third kappa shape index (κ3) is 3.01. The number of piperidine rings is 1. The zero-order valence-electron chi connectivity index (χ0n) is 11.6. The summed E-state index contributed by atoms with van der Waals surface area (Å²) in [6, 6.07) is 3.28. The van der Waals surface area contributed by atoms with E-state index in [-0.39, 0.29) is 17.2 Å². The van der Waals surface area contributed by atoms with Crippen LogP contribution in [0.3, 0.4) is 0 Å². The Morgan fingerprint density at radius 1 is 1.38 bits per heavy atom. The largest absolute Gasteiger partial charge is 0.480 e. The first-order chi connectivity index (χ1) is 9.91. The van der Waals surface area contributed by atoms with E-state index in [1.54, 1.807) is 6.92 Å². The molecule has 0 radical (unpaired) electrons. The molecule has 1 heterocycles. The number of carbonyl (C=O) groups excluding carboxylic acids is 1. The summed E-state index contributed by atoms with van der Waals surface area (Å²) in [7, 11) is 0. The Morgan fingerprint density at radius 3 is 2.67 bits per heavy atom. The van der Waals surface area contributed by atoms with Crippen molar-refractivity contribution in [2.75, 3.05) is 6.54 Å². The average Bonchev–Trinajstić information content (AvgIpc) is 2.45. The van der Waals surface area contributed by atoms with Gasteiger partial charge in [0.15, 0.2) is 0 Å². The topological polar surface area (TPSA) is 101 Å². The van der Waals surface area contributed by atoms with Gasteiger partial charge in [-0.3, -0.25) is 14.9 Å². The smallest absolute Gasteiger partial charge is 0.326 e. The van der Waals surface area contributed by atoms with Crippen LogP contribution in [0.1, 0.15) is 35.2 Å². The average molecular weight is 292 g/mol. The standard InChI is InChI=1S/C14H16N2O5/c1-9-8-10(5-6-11(9)16(20)21)13(17)15-7-3-2-4-12(15)14(18)19/h5-6,8,12H,2-4,7H2,1H3,(H,18,19)/t12-/m1/s1. The summed E-state index contributed by atoms with van der Waals surface area (Å²) >= 11 is 0. The fraction of sp³-hybridized carbons (Fsp3) is 0.429. The lowest BCUT2D eigenvalue weighted by atomic mass is 10.00. The summed E-state index contributed by atoms with van der Waals surface area (Å²) in [5, 5.41) is 20.0. The fourth-order valence-electron chi connectivity index (χ4n) is 2.59. The van der Waals surface area contributed by atoms with Crippen LogP contribution in [-0.2, 0) is 4.79 Å². The molecule has 1 fully saturated rings. The van der Waals surface area contributed by atoms with Crippen molar-refractivity contribution in [1.29, 1.82) is 0 Å². The van der Waals surface area contributed by atoms with E-state index in [2.05, 4.69) is 0 Å². The van der Waals surface area contributed by atoms with Gasteiger partial charge in [-0.15, -0.1) is 0 Å². The van der Waals surface area contributed by atoms with Gasteiger partial charge in [0.05, 0.1) is 4.92 Å². The Morgan fingerprint density at radius 2 is 2.10 bits per heavy atom. The van der Waals surface area contributed by atoms with Crippen molar-refractivity contribution in [3.63, 3.8) is 0 Å². The molecule has 21 heavy (non-hydrogen) atoms. The Kier molecular flexibility index (Phi) is 4.21. The minimum absolute atomic E-state index is 0.0556. The van der Waals surface area contributed by atoms with Gasteiger partial charge in [-0.05, 0) is 38.3 Å². The van der Waals surface area contributed by atoms with Crippen LogP contribution in [0.25, 0.3) is 0 Å². The number of aryl methyl sites for hydroxylation is 1. The predicted octanol–water partition coefficient (Wildman–Crippen LogP) is 1.98. The van der Waals surface area contributed by atoms with Crippen molar-refractivity contribution in [3.05, 3.63) is 39.4 Å². The number of nitro benzene ring substituents is 1. The molecule has 0 unspecified atom stereocenters. The molecule has 7 nitrogen and oxygen atoms in total. The van der Waals surface area contributed by atoms with E-state index in [4.69, 9.17) is 0 Å². The normalized spacial score (nSPS) is 18.3. The molecule has 1 aromatic rings. The minimum Gasteiger partial charge on any atom is -0.480 e. The lowest BCUT2D eigenvalue weighted by Crippen LogP contribution is -2.48. The van der Waals surface area contributed by atoms with Gasteiger partial charge in [0, 0.05) is 23.7 Å². The number of aliphatic carboxylic acids is 1. The van der Waals surface area contributed by atoms with E-state index in [9.17, 15) is 24.8 Å². The highest BCUT2D eigenvalue weighted by Gasteiger charge is 2.32. The summed E-state index contributed by atoms with van der Waals surface area (Å²) in [6.45, 7) is 1.95. The fourth-order valence-corrected chi connectivity index (χ4v) is 2.59. The van der Waals surface area contributed by atoms with Crippen molar-refractivity contribution in [1.82, 2.24) is 4.90 Å². The Balaban J connectivity index is 2.28. The van der Waals surface area contributed by atoms with Crippen molar-refractivity contribution >= 4 is 17.6 Å². The molecule has 0 bridgehead atoms. The van der Waals surface area contributed by atoms with Gasteiger partial charge in [-0.1, -0.05) is 0 Å². The summed E-state index contributed by atoms with van der Waals surface area (Å²) < 4.78 is 0. The third-order valence-corrected chi connectivity index (χ3v) is 3.69. The predicted molar refractivity (Wildman–Crippen MR) is 74.1 cm³/mol. The highest BCUT2D eigenvalue weighted by molar-refractivity contribution is 5.97. The zero-order chi connectivity index (χ0) is 15.6. The lowest BCUT2D eigenvalue weighted by molar-refractivity contribution is -0.385. The molecule has 1 saturated heterocycles. The molecule has 0 aromatic heterocycles. The van der Waals surface area contributed by atoms with Crippen molar-refractivity contribution in [2.45, 2.75) is 32.2 Å². The van der Waals surface area contributed by atoms with E-state index in [1.165, 1.54) is 23.1 Å². The monoisotopic (exact) mass is 292 g/mol. The van der Waals surface area contributed by atoms with Gasteiger partial charge in [0.1, 0.15) is 6.04 Å². The van der Waals surface area contributed by atoms with Crippen LogP contribution in [0.4, 0.5) is 5.69 Å². The quantitative estimate of drug-likeness (QED) is 0.678. The summed E-state index contributed by atoms with van der Waals surface area (Å²) in [5.41, 5.74) is 0.612. The zero-order valence-corrected chi connectivity index (χ0v) is 11.6. The van der Waals surface area contributed by atoms with E-state index in [0.29, 0.717) is 18.5 Å². The summed E-state index contributed by atoms with van der Waals surface area (Å²) in [5.74, 6) is -1.40. The van der Waals surface area contributed by atoms with Crippen LogP contribution in [0, 0.1) is 17.0 Å². The molecule has 2 rings (SSSR count). The van der Waals surface area contributed by atoms with E-state index < -0.39 is 16.9 Å². The number of nitro groups is 1. The first-order valence-corrected chi connectivity index (χ1v) is 6.70. The molecule has 1 N–H and O–H groups in total. The molecule has 1 aromatic carbocycles. The molecule has 0 spiro atoms. The van der Waals surface area contributed by atoms with Crippen molar-refractivity contribution < 1.29 is 19.6 Å². The maximum Gasteiger partial charge on any atom is 0.326 e. The summed E-state index contributed by atoms with van der Waals surface area (Å²) in [6.07, 6.45) is 1.98. The second-order valence-corrected chi connectivity index (χ2v) is 5.11. The second kappa shape index (κ2) is 5.90. The van der Waals surface area contributed by atoms with E-state index >= 15 is 0 Å². The van der Waals surface area contributed by atoms with Gasteiger partial charge in [0.25, 0.3) is 11.6 Å². The van der Waals surface area contributed by atoms with Crippen LogP contribution in [0.15, 0.2) is 18.2 Å². The van der Waals surface area contributed by atoms with Crippen LogP contribution in [-0.4, -0.2) is 39.4 Å². The number of hydrogen-bond donors (Lipinski definition) is 1. The van der Waals surface area contributed by atoms with E-state index in [1.807, 2.05) is 0 Å². The summed E-state index contributed by atoms with van der Waals surface area (Å²) in [4.78, 5) is 35.3. The van der Waals surface area contributed by atoms with E-state index in [0.717, 1.165) is 12.8 Å². The molecular formula is C14H16N2O5. The van der Waals surface area contributed by atoms with Crippen LogP contribution in [0.5, 0.6) is 0 Å². The Labute approximate surface area is 121 Å². The number of benzene rings is 1. The molecule has 0 saturated carbocycles. The number of nitrogens with zero attached hydrogens (tertiary/aromatic N) is 2. The van der Waals surface area contributed by atoms with Crippen LogP contribution >= 0.6 is 0 Å². The molecule has 1 aliphatic rings. The van der Waals surface area contributed by atoms with Gasteiger partial charge < -0.3 is 10.0 Å². The number of likely N-dealkylation sites (tertiary alicyclic amines) is 1. The minimum atomic E-state index is -1.01. The molecule has 112 valence electrons. The Bertz CT molecular complexity index is 599. The molecular weight excluding hydrogens is 276 g/mol. The molecule has 0 aliphatic carbocycles. The maximum absolute atomic E-state index is 12.4. The number of carbonyl (C=O) groups is 2. The first-order valence-electron chi connectivity index (χ1n) is 6.70. The van der Waals surface area contributed by atoms with Gasteiger partial charge >= 0.3 is 5.97 Å². The molecule has 1 aliphatic heterocycles. The molecule has 1 atom stereocenters. The van der Waals surface area contributed by atoms with Crippen molar-refractivity contribution in [2.24, 2.45) is 0 Å². The number of amides is 1. The second-order valence-electron chi connectivity index (χ2n) is 5.11. The Hall–Kier alpha value is -2.44. The third-order valence-electron chi connectivity index (χ3n) is 3.69. The van der Waals surface area contributed by atoms with Crippen molar-refractivity contribution in [3.8, 4) is 0 Å². The van der Waals surface area contributed by atoms with Gasteiger partial charge in [0.2, 0.25) is 0 Å². The number of carboxylic acids is 1. The first kappa shape index (κ1) is 15.0. The lowest BCUT2D eigenvalue weighted by Gasteiger charge is -2.33. The maximum atomic E-state index is 12.4. The molecule has 1 amide bonds. The molecule has 7 heteroatoms. The SMILES string of the molecule is Cc1cc(C(=O)N2CCCC[C@@H]2C(=O)O)ccc1[N+](=O)[O-]. The van der Waals surface area contributed by atoms with Crippen LogP contribution < -0.4 is 0 Å². The number of carboxylic acid groups (broad SMARTS) is 1. The van der Waals surface area contributed by atoms with Crippen LogP contribution in [0.2, 0.25) is 0 Å². The number of hydrogen-bond acceptors (Lipinski definition) is 4.